The van der Waals surface area contributed by atoms with E-state index >= 15 is 0 Å². The van der Waals surface area contributed by atoms with Gasteiger partial charge in [-0.3, -0.25) is 4.90 Å². The van der Waals surface area contributed by atoms with Crippen molar-refractivity contribution in [3.8, 4) is 11.1 Å². The molecular weight excluding hydrogens is 412 g/mol. The van der Waals surface area contributed by atoms with Crippen LogP contribution in [0.15, 0.2) is 55.0 Å². The van der Waals surface area contributed by atoms with Crippen LogP contribution in [-0.2, 0) is 11.3 Å². The van der Waals surface area contributed by atoms with Crippen molar-refractivity contribution in [3.63, 3.8) is 0 Å². The van der Waals surface area contributed by atoms with Crippen LogP contribution in [0.5, 0.6) is 0 Å². The number of hydrogen-bond donors (Lipinski definition) is 1. The number of hydrogen-bond acceptors (Lipinski definition) is 6. The average molecular weight is 443 g/mol. The fourth-order valence-electron chi connectivity index (χ4n) is 5.42. The quantitative estimate of drug-likeness (QED) is 0.523. The van der Waals surface area contributed by atoms with Crippen molar-refractivity contribution in [1.29, 1.82) is 0 Å². The maximum atomic E-state index is 5.97. The number of aromatic nitrogens is 3. The predicted molar refractivity (Wildman–Crippen MR) is 131 cm³/mol. The summed E-state index contributed by atoms with van der Waals surface area (Å²) in [5, 5.41) is 7.05. The largest absolute Gasteiger partial charge is 0.379 e. The zero-order valence-corrected chi connectivity index (χ0v) is 18.9. The monoisotopic (exact) mass is 442 g/mol. The first-order chi connectivity index (χ1) is 16.3. The zero-order valence-electron chi connectivity index (χ0n) is 18.9. The van der Waals surface area contributed by atoms with Gasteiger partial charge in [0.1, 0.15) is 0 Å². The number of nitrogens with two attached hydrogens (primary N) is 1. The molecule has 33 heavy (non-hydrogen) atoms. The number of anilines is 1. The average Bonchev–Trinajstić information content (AvgIpc) is 3.32. The molecule has 0 amide bonds. The Morgan fingerprint density at radius 2 is 1.70 bits per heavy atom. The highest BCUT2D eigenvalue weighted by Crippen LogP contribution is 2.33. The van der Waals surface area contributed by atoms with Crippen LogP contribution in [0.25, 0.3) is 27.5 Å². The van der Waals surface area contributed by atoms with Crippen LogP contribution < -0.4 is 10.6 Å². The third-order valence-corrected chi connectivity index (χ3v) is 7.26. The zero-order chi connectivity index (χ0) is 22.2. The van der Waals surface area contributed by atoms with Crippen LogP contribution in [0, 0.1) is 0 Å². The lowest BCUT2D eigenvalue weighted by Crippen LogP contribution is -2.49. The smallest absolute Gasteiger partial charge is 0.162 e. The number of rotatable bonds is 4. The highest BCUT2D eigenvalue weighted by molar-refractivity contribution is 6.01. The highest BCUT2D eigenvalue weighted by atomic mass is 16.5. The van der Waals surface area contributed by atoms with E-state index < -0.39 is 0 Å². The summed E-state index contributed by atoms with van der Waals surface area (Å²) in [4.78, 5) is 9.90. The molecular formula is C26H30N6O. The predicted octanol–water partition coefficient (Wildman–Crippen LogP) is 3.31. The second kappa shape index (κ2) is 8.74. The number of fused-ring (bicyclic) bond motifs is 2. The molecule has 170 valence electrons. The summed E-state index contributed by atoms with van der Waals surface area (Å²) < 4.78 is 7.44. The molecule has 0 radical (unpaired) electrons. The first-order valence-corrected chi connectivity index (χ1v) is 11.9. The SMILES string of the molecule is NCc1ccc(-c2cnn3cc(N4CCC(N5CCOCC5)CC4)cnc23)c2ccccc12. The van der Waals surface area contributed by atoms with Gasteiger partial charge in [0.25, 0.3) is 0 Å². The minimum atomic E-state index is 0.527. The Morgan fingerprint density at radius 3 is 2.48 bits per heavy atom. The maximum Gasteiger partial charge on any atom is 0.162 e. The Bertz CT molecular complexity index is 1270. The fraction of sp³-hybridized carbons (Fsp3) is 0.385. The van der Waals surface area contributed by atoms with Gasteiger partial charge in [-0.1, -0.05) is 36.4 Å². The highest BCUT2D eigenvalue weighted by Gasteiger charge is 2.26. The van der Waals surface area contributed by atoms with Crippen molar-refractivity contribution < 1.29 is 4.74 Å². The molecule has 0 saturated carbocycles. The lowest BCUT2D eigenvalue weighted by molar-refractivity contribution is 0.0115. The van der Waals surface area contributed by atoms with E-state index in [1.165, 1.54) is 23.6 Å². The molecule has 2 saturated heterocycles. The van der Waals surface area contributed by atoms with Crippen LogP contribution in [0.3, 0.4) is 0 Å². The van der Waals surface area contributed by atoms with Crippen LogP contribution in [0.4, 0.5) is 5.69 Å². The van der Waals surface area contributed by atoms with E-state index in [0.29, 0.717) is 12.6 Å². The van der Waals surface area contributed by atoms with E-state index in [1.807, 2.05) is 16.9 Å². The number of morpholine rings is 1. The number of benzene rings is 2. The Balaban J connectivity index is 1.26. The minimum absolute atomic E-state index is 0.527. The van der Waals surface area contributed by atoms with Crippen molar-refractivity contribution in [2.24, 2.45) is 5.73 Å². The van der Waals surface area contributed by atoms with Gasteiger partial charge in [0, 0.05) is 44.3 Å². The summed E-state index contributed by atoms with van der Waals surface area (Å²) in [5.41, 5.74) is 11.3. The summed E-state index contributed by atoms with van der Waals surface area (Å²) in [7, 11) is 0. The molecule has 7 nitrogen and oxygen atoms in total. The summed E-state index contributed by atoms with van der Waals surface area (Å²) in [6, 6.07) is 13.4. The van der Waals surface area contributed by atoms with E-state index in [9.17, 15) is 0 Å². The van der Waals surface area contributed by atoms with Gasteiger partial charge >= 0.3 is 0 Å². The first-order valence-electron chi connectivity index (χ1n) is 11.9. The van der Waals surface area contributed by atoms with Crippen molar-refractivity contribution in [1.82, 2.24) is 19.5 Å². The molecule has 0 aliphatic carbocycles. The maximum absolute atomic E-state index is 5.97. The lowest BCUT2D eigenvalue weighted by atomic mass is 9.96. The van der Waals surface area contributed by atoms with Gasteiger partial charge in [0.2, 0.25) is 0 Å². The third-order valence-electron chi connectivity index (χ3n) is 7.26. The van der Waals surface area contributed by atoms with Crippen LogP contribution >= 0.6 is 0 Å². The molecule has 0 unspecified atom stereocenters. The normalized spacial score (nSPS) is 18.4. The van der Waals surface area contributed by atoms with Crippen LogP contribution in [-0.4, -0.2) is 64.9 Å². The molecule has 4 heterocycles. The Morgan fingerprint density at radius 1 is 0.909 bits per heavy atom. The molecule has 6 rings (SSSR count). The summed E-state index contributed by atoms with van der Waals surface area (Å²) in [5.74, 6) is 0. The van der Waals surface area contributed by atoms with Gasteiger partial charge in [0.15, 0.2) is 5.65 Å². The summed E-state index contributed by atoms with van der Waals surface area (Å²) >= 11 is 0. The molecule has 7 heteroatoms. The summed E-state index contributed by atoms with van der Waals surface area (Å²) in [6.45, 7) is 6.49. The molecule has 2 aromatic carbocycles. The molecule has 0 bridgehead atoms. The lowest BCUT2D eigenvalue weighted by Gasteiger charge is -2.40. The Labute approximate surface area is 193 Å². The number of nitrogens with zero attached hydrogens (tertiary/aromatic N) is 5. The van der Waals surface area contributed by atoms with Crippen molar-refractivity contribution in [2.75, 3.05) is 44.3 Å². The van der Waals surface area contributed by atoms with E-state index in [-0.39, 0.29) is 0 Å². The molecule has 2 fully saturated rings. The van der Waals surface area contributed by atoms with Gasteiger partial charge in [-0.25, -0.2) is 9.50 Å². The van der Waals surface area contributed by atoms with Crippen molar-refractivity contribution in [2.45, 2.75) is 25.4 Å². The molecule has 2 aromatic heterocycles. The molecule has 4 aromatic rings. The Hall–Kier alpha value is -3.00. The van der Waals surface area contributed by atoms with E-state index in [0.717, 1.165) is 67.4 Å². The van der Waals surface area contributed by atoms with E-state index in [4.69, 9.17) is 15.5 Å². The van der Waals surface area contributed by atoms with Gasteiger partial charge < -0.3 is 15.4 Å². The fourth-order valence-corrected chi connectivity index (χ4v) is 5.42. The molecule has 2 N–H and O–H groups in total. The van der Waals surface area contributed by atoms with E-state index in [1.54, 1.807) is 0 Å². The molecule has 0 atom stereocenters. The molecule has 0 spiro atoms. The standard InChI is InChI=1S/C26H30N6O/c27-15-19-5-6-24(23-4-2-1-3-22(19)23)25-17-29-32-18-21(16-28-26(25)32)30-9-7-20(8-10-30)31-11-13-33-14-12-31/h1-6,16-18,20H,7-15,27H2. The van der Waals surface area contributed by atoms with Crippen LogP contribution in [0.1, 0.15) is 18.4 Å². The summed E-state index contributed by atoms with van der Waals surface area (Å²) in [6.07, 6.45) is 8.42. The van der Waals surface area contributed by atoms with Gasteiger partial charge in [-0.15, -0.1) is 0 Å². The minimum Gasteiger partial charge on any atom is -0.379 e. The number of ether oxygens (including phenoxy) is 1. The van der Waals surface area contributed by atoms with E-state index in [2.05, 4.69) is 57.5 Å². The van der Waals surface area contributed by atoms with Crippen molar-refractivity contribution in [3.05, 3.63) is 60.6 Å². The second-order valence-electron chi connectivity index (χ2n) is 9.03. The third kappa shape index (κ3) is 3.76. The van der Waals surface area contributed by atoms with Crippen LogP contribution in [0.2, 0.25) is 0 Å². The topological polar surface area (TPSA) is 71.9 Å². The number of piperidine rings is 1. The second-order valence-corrected chi connectivity index (χ2v) is 9.03. The first kappa shape index (κ1) is 20.6. The molecule has 2 aliphatic rings. The van der Waals surface area contributed by atoms with Gasteiger partial charge in [0.05, 0.1) is 37.5 Å². The molecule has 2 aliphatic heterocycles. The van der Waals surface area contributed by atoms with Gasteiger partial charge in [-0.2, -0.15) is 5.10 Å². The van der Waals surface area contributed by atoms with Crippen molar-refractivity contribution >= 4 is 22.1 Å². The Kier molecular flexibility index (Phi) is 5.46. The van der Waals surface area contributed by atoms with Gasteiger partial charge in [-0.05, 0) is 34.7 Å².